The van der Waals surface area contributed by atoms with Gasteiger partial charge in [0, 0.05) is 41.2 Å². The number of hydrogen-bond acceptors (Lipinski definition) is 1. The zero-order valence-electron chi connectivity index (χ0n) is 21.8. The molecule has 7 rings (SSSR count). The first-order valence-electron chi connectivity index (χ1n) is 13.0. The minimum Gasteiger partial charge on any atom is -0.294 e. The van der Waals surface area contributed by atoms with Gasteiger partial charge in [-0.2, -0.15) is 0 Å². The second-order valence-corrected chi connectivity index (χ2v) is 14.8. The lowest BCUT2D eigenvalue weighted by Gasteiger charge is -2.24. The molecule has 0 radical (unpaired) electrons. The topological polar surface area (TPSA) is 23.8 Å². The summed E-state index contributed by atoms with van der Waals surface area (Å²) in [6, 6.07) is 42.7. The smallest absolute Gasteiger partial charge is 0.294 e. The molecule has 6 aromatic rings. The molecule has 3 heterocycles. The molecule has 0 saturated carbocycles. The molecule has 0 bridgehead atoms. The van der Waals surface area contributed by atoms with E-state index in [0.29, 0.717) is 0 Å². The minimum atomic E-state index is -2.01. The summed E-state index contributed by atoms with van der Waals surface area (Å²) in [6.07, 6.45) is 1.86. The van der Waals surface area contributed by atoms with Crippen LogP contribution < -0.4 is 14.9 Å². The summed E-state index contributed by atoms with van der Waals surface area (Å²) in [7, 11) is 0.0396. The van der Waals surface area contributed by atoms with Gasteiger partial charge in [0.25, 0.3) is 11.4 Å². The van der Waals surface area contributed by atoms with Gasteiger partial charge in [0.2, 0.25) is 5.69 Å². The first-order chi connectivity index (χ1) is 18.5. The SMILES string of the molecule is C[N+]1=C=[N+](c2cccc([Si](C)(C)c3ccc4c(c3)c3ccccc3n4-c3ccccn3)c2)c2ccccc21. The first kappa shape index (κ1) is 22.6. The average Bonchev–Trinajstić information content (AvgIpc) is 3.48. The van der Waals surface area contributed by atoms with Gasteiger partial charge in [-0.05, 0) is 34.0 Å². The lowest BCUT2D eigenvalue weighted by Crippen LogP contribution is -2.52. The molecule has 5 heteroatoms. The maximum atomic E-state index is 4.67. The molecule has 0 saturated heterocycles. The predicted molar refractivity (Wildman–Crippen MR) is 161 cm³/mol. The lowest BCUT2D eigenvalue weighted by atomic mass is 10.1. The van der Waals surface area contributed by atoms with E-state index in [1.54, 1.807) is 0 Å². The molecule has 182 valence electrons. The van der Waals surface area contributed by atoms with Crippen molar-refractivity contribution in [3.05, 3.63) is 115 Å². The van der Waals surface area contributed by atoms with Gasteiger partial charge in [0.1, 0.15) is 13.9 Å². The number of pyridine rings is 1. The van der Waals surface area contributed by atoms with Gasteiger partial charge in [0.15, 0.2) is 7.05 Å². The Labute approximate surface area is 223 Å². The average molecular weight is 509 g/mol. The van der Waals surface area contributed by atoms with Gasteiger partial charge in [-0.3, -0.25) is 4.57 Å². The summed E-state index contributed by atoms with van der Waals surface area (Å²) in [5.74, 6) is 0.944. The molecule has 0 N–H and O–H groups in total. The van der Waals surface area contributed by atoms with E-state index >= 15 is 0 Å². The molecule has 0 spiro atoms. The van der Waals surface area contributed by atoms with Gasteiger partial charge < -0.3 is 0 Å². The summed E-state index contributed by atoms with van der Waals surface area (Å²) < 4.78 is 6.51. The Morgan fingerprint density at radius 2 is 1.42 bits per heavy atom. The van der Waals surface area contributed by atoms with Crippen molar-refractivity contribution in [1.82, 2.24) is 14.1 Å². The largest absolute Gasteiger partial charge is 0.496 e. The summed E-state index contributed by atoms with van der Waals surface area (Å²) >= 11 is 0. The molecule has 4 aromatic carbocycles. The number of hydrogen-bond donors (Lipinski definition) is 0. The Morgan fingerprint density at radius 1 is 0.684 bits per heavy atom. The van der Waals surface area contributed by atoms with Crippen LogP contribution in [0.5, 0.6) is 0 Å². The van der Waals surface area contributed by atoms with Crippen LogP contribution in [-0.4, -0.2) is 35.3 Å². The van der Waals surface area contributed by atoms with Crippen LogP contribution in [0.3, 0.4) is 0 Å². The van der Waals surface area contributed by atoms with Crippen molar-refractivity contribution < 1.29 is 4.58 Å². The van der Waals surface area contributed by atoms with Gasteiger partial charge in [-0.15, -0.1) is 0 Å². The fraction of sp³-hybridized carbons (Fsp3) is 0.0909. The Bertz CT molecular complexity index is 1940. The van der Waals surface area contributed by atoms with Crippen molar-refractivity contribution in [2.24, 2.45) is 0 Å². The van der Waals surface area contributed by atoms with Crippen LogP contribution in [0.4, 0.5) is 17.1 Å². The number of rotatable bonds is 4. The molecular weight excluding hydrogens is 480 g/mol. The highest BCUT2D eigenvalue weighted by atomic mass is 28.3. The monoisotopic (exact) mass is 508 g/mol. The minimum absolute atomic E-state index is 0.944. The molecule has 1 aliphatic rings. The van der Waals surface area contributed by atoms with Gasteiger partial charge in [-0.25, -0.2) is 4.98 Å². The molecule has 2 aromatic heterocycles. The third-order valence-corrected chi connectivity index (χ3v) is 11.3. The molecule has 0 aliphatic carbocycles. The summed E-state index contributed by atoms with van der Waals surface area (Å²) in [4.78, 5) is 4.67. The Hall–Kier alpha value is -4.57. The Kier molecular flexibility index (Phi) is 5.05. The maximum Gasteiger partial charge on any atom is 0.496 e. The molecular formula is C33H28N4Si+2. The van der Waals surface area contributed by atoms with Gasteiger partial charge in [0.05, 0.1) is 11.0 Å². The fourth-order valence-corrected chi connectivity index (χ4v) is 8.05. The van der Waals surface area contributed by atoms with Gasteiger partial charge in [-0.1, -0.05) is 83.5 Å². The molecule has 38 heavy (non-hydrogen) atoms. The van der Waals surface area contributed by atoms with Crippen molar-refractivity contribution in [2.45, 2.75) is 13.1 Å². The number of aromatic nitrogens is 2. The third-order valence-electron chi connectivity index (χ3n) is 7.83. The molecule has 0 fully saturated rings. The van der Waals surface area contributed by atoms with Crippen molar-refractivity contribution in [1.29, 1.82) is 0 Å². The molecule has 1 aliphatic heterocycles. The molecule has 0 unspecified atom stereocenters. The molecule has 0 amide bonds. The van der Waals surface area contributed by atoms with E-state index < -0.39 is 8.07 Å². The summed E-state index contributed by atoms with van der Waals surface area (Å²) in [6.45, 7) is 4.89. The van der Waals surface area contributed by atoms with Crippen molar-refractivity contribution in [3.63, 3.8) is 0 Å². The number of nitrogens with zero attached hydrogens (tertiary/aromatic N) is 4. The van der Waals surface area contributed by atoms with E-state index in [1.807, 2.05) is 18.3 Å². The highest BCUT2D eigenvalue weighted by Gasteiger charge is 2.34. The van der Waals surface area contributed by atoms with Gasteiger partial charge >= 0.3 is 6.01 Å². The van der Waals surface area contributed by atoms with Crippen LogP contribution in [-0.2, 0) is 0 Å². The van der Waals surface area contributed by atoms with E-state index in [9.17, 15) is 0 Å². The number of fused-ring (bicyclic) bond motifs is 4. The van der Waals surface area contributed by atoms with Crippen LogP contribution in [0.1, 0.15) is 0 Å². The highest BCUT2D eigenvalue weighted by Crippen LogP contribution is 2.33. The fourth-order valence-electron chi connectivity index (χ4n) is 5.69. The number of benzene rings is 4. The van der Waals surface area contributed by atoms with Crippen LogP contribution in [0.2, 0.25) is 13.1 Å². The summed E-state index contributed by atoms with van der Waals surface area (Å²) in [5.41, 5.74) is 5.85. The van der Waals surface area contributed by atoms with Crippen LogP contribution in [0, 0.1) is 0 Å². The predicted octanol–water partition coefficient (Wildman–Crippen LogP) is 6.30. The maximum absolute atomic E-state index is 4.67. The molecule has 0 atom stereocenters. The molecule has 4 nitrogen and oxygen atoms in total. The Morgan fingerprint density at radius 3 is 2.26 bits per heavy atom. The highest BCUT2D eigenvalue weighted by molar-refractivity contribution is 7.00. The first-order valence-corrected chi connectivity index (χ1v) is 16.0. The van der Waals surface area contributed by atoms with Crippen LogP contribution in [0.25, 0.3) is 27.6 Å². The van der Waals surface area contributed by atoms with E-state index in [2.05, 4.69) is 142 Å². The quantitative estimate of drug-likeness (QED) is 0.203. The van der Waals surface area contributed by atoms with Crippen molar-refractivity contribution in [3.8, 4) is 5.82 Å². The van der Waals surface area contributed by atoms with Crippen molar-refractivity contribution in [2.75, 3.05) is 7.05 Å². The number of para-hydroxylation sites is 3. The van der Waals surface area contributed by atoms with Crippen LogP contribution in [0.15, 0.2) is 115 Å². The second-order valence-electron chi connectivity index (χ2n) is 10.4. The lowest BCUT2D eigenvalue weighted by molar-refractivity contribution is -0.394. The normalized spacial score (nSPS) is 13.0. The zero-order chi connectivity index (χ0) is 25.9. The zero-order valence-corrected chi connectivity index (χ0v) is 22.8. The van der Waals surface area contributed by atoms with E-state index in [0.717, 1.165) is 17.2 Å². The van der Waals surface area contributed by atoms with E-state index in [1.165, 1.54) is 37.9 Å². The second kappa shape index (κ2) is 8.49. The van der Waals surface area contributed by atoms with E-state index in [4.69, 9.17) is 0 Å². The summed E-state index contributed by atoms with van der Waals surface area (Å²) in [5, 5.41) is 5.35. The van der Waals surface area contributed by atoms with E-state index in [-0.39, 0.29) is 0 Å². The van der Waals surface area contributed by atoms with Crippen molar-refractivity contribution >= 4 is 63.3 Å². The standard InChI is InChI=1S/C33H28N4Si/c1-35-23-36(32-16-7-6-15-31(32)35)24-11-10-12-25(21-24)38(2,3)26-18-19-30-28(22-26)27-13-4-5-14-29(27)37(30)33-17-8-9-20-34-33/h4-22H,1-3H3/q+2. The third kappa shape index (κ3) is 3.41. The van der Waals surface area contributed by atoms with Crippen LogP contribution >= 0.6 is 0 Å². The Balaban J connectivity index is 1.36.